The lowest BCUT2D eigenvalue weighted by Crippen LogP contribution is -2.32. The van der Waals surface area contributed by atoms with Gasteiger partial charge in [-0.25, -0.2) is 0 Å². The number of amides is 1. The molecule has 2 rings (SSSR count). The van der Waals surface area contributed by atoms with E-state index in [2.05, 4.69) is 0 Å². The fourth-order valence-electron chi connectivity index (χ4n) is 2.15. The molecule has 0 radical (unpaired) electrons. The number of nitro groups is 1. The molecule has 2 aromatic rings. The van der Waals surface area contributed by atoms with E-state index in [0.29, 0.717) is 6.54 Å². The van der Waals surface area contributed by atoms with Gasteiger partial charge in [0.1, 0.15) is 0 Å². The Morgan fingerprint density at radius 3 is 2.35 bits per heavy atom. The molecule has 0 fully saturated rings. The highest BCUT2D eigenvalue weighted by Crippen LogP contribution is 2.26. The molecule has 0 aliphatic carbocycles. The van der Waals surface area contributed by atoms with Gasteiger partial charge in [-0.1, -0.05) is 30.3 Å². The van der Waals surface area contributed by atoms with Crippen molar-refractivity contribution in [3.8, 4) is 0 Å². The number of hydrogen-bond donors (Lipinski definition) is 0. The van der Waals surface area contributed by atoms with Crippen molar-refractivity contribution >= 4 is 23.4 Å². The molecule has 6 heteroatoms. The summed E-state index contributed by atoms with van der Waals surface area (Å²) < 4.78 is 0. The van der Waals surface area contributed by atoms with E-state index < -0.39 is 4.92 Å². The monoisotopic (exact) mass is 330 g/mol. The van der Waals surface area contributed by atoms with Crippen LogP contribution < -0.4 is 0 Å². The number of thioether (sulfide) groups is 1. The van der Waals surface area contributed by atoms with Crippen LogP contribution in [-0.2, 0) is 11.3 Å². The molecule has 5 nitrogen and oxygen atoms in total. The largest absolute Gasteiger partial charge is 0.340 e. The van der Waals surface area contributed by atoms with Crippen LogP contribution in [0.15, 0.2) is 59.5 Å². The van der Waals surface area contributed by atoms with E-state index in [1.165, 1.54) is 23.9 Å². The molecule has 0 aliphatic rings. The Hall–Kier alpha value is -2.34. The molecule has 0 unspecified atom stereocenters. The molecule has 0 saturated heterocycles. The molecule has 120 valence electrons. The van der Waals surface area contributed by atoms with Crippen LogP contribution in [0, 0.1) is 10.1 Å². The van der Waals surface area contributed by atoms with Crippen LogP contribution >= 0.6 is 11.8 Å². The average molecular weight is 330 g/mol. The Kier molecular flexibility index (Phi) is 5.76. The van der Waals surface area contributed by atoms with Gasteiger partial charge in [0.2, 0.25) is 5.91 Å². The maximum Gasteiger partial charge on any atom is 0.269 e. The number of nitro benzene ring substituents is 1. The number of rotatable bonds is 6. The van der Waals surface area contributed by atoms with Crippen LogP contribution in [0.2, 0.25) is 0 Å². The first-order valence-electron chi connectivity index (χ1n) is 7.17. The summed E-state index contributed by atoms with van der Waals surface area (Å²) in [5.74, 6) is 0.0252. The lowest BCUT2D eigenvalue weighted by molar-refractivity contribution is -0.384. The van der Waals surface area contributed by atoms with Crippen LogP contribution in [0.4, 0.5) is 5.69 Å². The minimum absolute atomic E-state index is 0.0252. The number of carbonyl (C=O) groups is 1. The molecule has 0 heterocycles. The summed E-state index contributed by atoms with van der Waals surface area (Å²) in [5, 5.41) is 10.4. The fraction of sp³-hybridized carbons (Fsp3) is 0.235. The van der Waals surface area contributed by atoms with Crippen LogP contribution in [0.3, 0.4) is 0 Å². The maximum absolute atomic E-state index is 12.4. The van der Waals surface area contributed by atoms with Gasteiger partial charge in [0.25, 0.3) is 5.69 Å². The second-order valence-electron chi connectivity index (χ2n) is 5.19. The highest BCUT2D eigenvalue weighted by molar-refractivity contribution is 8.00. The molecule has 2 aromatic carbocycles. The van der Waals surface area contributed by atoms with Crippen LogP contribution in [0.25, 0.3) is 0 Å². The molecular weight excluding hydrogens is 312 g/mol. The summed E-state index contributed by atoms with van der Waals surface area (Å²) >= 11 is 1.40. The first-order chi connectivity index (χ1) is 11.0. The molecule has 0 spiro atoms. The van der Waals surface area contributed by atoms with Gasteiger partial charge < -0.3 is 4.90 Å². The Labute approximate surface area is 139 Å². The summed E-state index contributed by atoms with van der Waals surface area (Å²) in [5.41, 5.74) is 1.13. The quantitative estimate of drug-likeness (QED) is 0.460. The van der Waals surface area contributed by atoms with E-state index >= 15 is 0 Å². The fourth-order valence-corrected chi connectivity index (χ4v) is 3.13. The second-order valence-corrected chi connectivity index (χ2v) is 6.61. The number of non-ortho nitro benzene ring substituents is 1. The molecule has 1 amide bonds. The zero-order valence-corrected chi connectivity index (χ0v) is 13.8. The Balaban J connectivity index is 1.95. The topological polar surface area (TPSA) is 63.5 Å². The summed E-state index contributed by atoms with van der Waals surface area (Å²) in [6.07, 6.45) is 0. The maximum atomic E-state index is 12.4. The lowest BCUT2D eigenvalue weighted by atomic mass is 10.2. The van der Waals surface area contributed by atoms with Gasteiger partial charge in [-0.2, -0.15) is 0 Å². The molecule has 0 N–H and O–H groups in total. The van der Waals surface area contributed by atoms with Gasteiger partial charge >= 0.3 is 0 Å². The van der Waals surface area contributed by atoms with Crippen molar-refractivity contribution in [2.45, 2.75) is 23.6 Å². The standard InChI is InChI=1S/C17H18N2O3S/c1-13(23-16-10-8-15(9-11-16)19(21)22)17(20)18(2)12-14-6-4-3-5-7-14/h3-11,13H,12H2,1-2H3/t13-/m0/s1. The SMILES string of the molecule is C[C@H](Sc1ccc([N+](=O)[O-])cc1)C(=O)N(C)Cc1ccccc1. The van der Waals surface area contributed by atoms with E-state index in [0.717, 1.165) is 10.5 Å². The molecule has 1 atom stereocenters. The summed E-state index contributed by atoms with van der Waals surface area (Å²) in [7, 11) is 1.78. The van der Waals surface area contributed by atoms with Crippen molar-refractivity contribution in [3.05, 3.63) is 70.3 Å². The second kappa shape index (κ2) is 7.78. The molecule has 0 bridgehead atoms. The number of nitrogens with zero attached hydrogens (tertiary/aromatic N) is 2. The minimum atomic E-state index is -0.434. The van der Waals surface area contributed by atoms with E-state index in [-0.39, 0.29) is 16.8 Å². The van der Waals surface area contributed by atoms with E-state index in [4.69, 9.17) is 0 Å². The van der Waals surface area contributed by atoms with Gasteiger partial charge in [0.15, 0.2) is 0 Å². The summed E-state index contributed by atoms with van der Waals surface area (Å²) in [4.78, 5) is 25.2. The van der Waals surface area contributed by atoms with E-state index in [9.17, 15) is 14.9 Å². The average Bonchev–Trinajstić information content (AvgIpc) is 2.55. The molecule has 0 aromatic heterocycles. The van der Waals surface area contributed by atoms with Crippen LogP contribution in [0.1, 0.15) is 12.5 Å². The van der Waals surface area contributed by atoms with Crippen molar-refractivity contribution < 1.29 is 9.72 Å². The normalized spacial score (nSPS) is 11.7. The first kappa shape index (κ1) is 17.0. The number of carbonyl (C=O) groups excluding carboxylic acids is 1. The minimum Gasteiger partial charge on any atom is -0.340 e. The van der Waals surface area contributed by atoms with E-state index in [1.807, 2.05) is 37.3 Å². The highest BCUT2D eigenvalue weighted by Gasteiger charge is 2.19. The third kappa shape index (κ3) is 4.82. The summed E-state index contributed by atoms with van der Waals surface area (Å²) in [6.45, 7) is 2.40. The number of hydrogen-bond acceptors (Lipinski definition) is 4. The van der Waals surface area contributed by atoms with E-state index in [1.54, 1.807) is 24.1 Å². The van der Waals surface area contributed by atoms with Crippen molar-refractivity contribution in [2.24, 2.45) is 0 Å². The smallest absolute Gasteiger partial charge is 0.269 e. The zero-order valence-electron chi connectivity index (χ0n) is 13.0. The Morgan fingerprint density at radius 1 is 1.17 bits per heavy atom. The van der Waals surface area contributed by atoms with Crippen LogP contribution in [-0.4, -0.2) is 28.0 Å². The predicted molar refractivity (Wildman–Crippen MR) is 91.3 cm³/mol. The predicted octanol–water partition coefficient (Wildman–Crippen LogP) is 3.73. The van der Waals surface area contributed by atoms with Gasteiger partial charge in [0, 0.05) is 30.6 Å². The number of benzene rings is 2. The molecule has 0 aliphatic heterocycles. The van der Waals surface area contributed by atoms with Crippen molar-refractivity contribution in [1.82, 2.24) is 4.90 Å². The van der Waals surface area contributed by atoms with Crippen molar-refractivity contribution in [3.63, 3.8) is 0 Å². The zero-order chi connectivity index (χ0) is 16.8. The molecule has 0 saturated carbocycles. The lowest BCUT2D eigenvalue weighted by Gasteiger charge is -2.21. The van der Waals surface area contributed by atoms with Crippen LogP contribution in [0.5, 0.6) is 0 Å². The Bertz CT molecular complexity index is 674. The van der Waals surface area contributed by atoms with Crippen molar-refractivity contribution in [1.29, 1.82) is 0 Å². The summed E-state index contributed by atoms with van der Waals surface area (Å²) in [6, 6.07) is 16.0. The van der Waals surface area contributed by atoms with Gasteiger partial charge in [0.05, 0.1) is 10.2 Å². The highest BCUT2D eigenvalue weighted by atomic mass is 32.2. The third-order valence-corrected chi connectivity index (χ3v) is 4.45. The third-order valence-electron chi connectivity index (χ3n) is 3.35. The Morgan fingerprint density at radius 2 is 1.78 bits per heavy atom. The van der Waals surface area contributed by atoms with Crippen molar-refractivity contribution in [2.75, 3.05) is 7.05 Å². The molecular formula is C17H18N2O3S. The van der Waals surface area contributed by atoms with Gasteiger partial charge in [-0.05, 0) is 24.6 Å². The van der Waals surface area contributed by atoms with Gasteiger partial charge in [-0.3, -0.25) is 14.9 Å². The van der Waals surface area contributed by atoms with Gasteiger partial charge in [-0.15, -0.1) is 11.8 Å². The molecule has 23 heavy (non-hydrogen) atoms. The first-order valence-corrected chi connectivity index (χ1v) is 8.05.